The number of para-hydroxylation sites is 1. The molecule has 22 heavy (non-hydrogen) atoms. The first kappa shape index (κ1) is 15.8. The fourth-order valence-electron chi connectivity index (χ4n) is 2.18. The molecule has 5 nitrogen and oxygen atoms in total. The molecule has 2 aromatic rings. The third-order valence-corrected chi connectivity index (χ3v) is 3.35. The van der Waals surface area contributed by atoms with E-state index in [1.165, 1.54) is 6.26 Å². The Labute approximate surface area is 129 Å². The molecule has 2 N–H and O–H groups in total. The lowest BCUT2D eigenvalue weighted by atomic mass is 9.98. The Morgan fingerprint density at radius 2 is 1.95 bits per heavy atom. The van der Waals surface area contributed by atoms with Crippen LogP contribution in [0.2, 0.25) is 0 Å². The summed E-state index contributed by atoms with van der Waals surface area (Å²) in [6, 6.07) is 9.08. The second kappa shape index (κ2) is 6.93. The highest BCUT2D eigenvalue weighted by molar-refractivity contribution is 5.98. The van der Waals surface area contributed by atoms with Crippen LogP contribution in [0.25, 0.3) is 0 Å². The predicted molar refractivity (Wildman–Crippen MR) is 84.9 cm³/mol. The maximum atomic E-state index is 12.1. The number of nitrogens with one attached hydrogen (secondary N) is 2. The smallest absolute Gasteiger partial charge is 0.287 e. The van der Waals surface area contributed by atoms with E-state index in [0.29, 0.717) is 5.92 Å². The molecule has 0 aliphatic carbocycles. The van der Waals surface area contributed by atoms with Crippen molar-refractivity contribution in [1.82, 2.24) is 5.32 Å². The summed E-state index contributed by atoms with van der Waals surface area (Å²) in [5.74, 6) is -0.190. The van der Waals surface area contributed by atoms with Gasteiger partial charge in [0.05, 0.1) is 12.8 Å². The number of hydrogen-bond donors (Lipinski definition) is 2. The average Bonchev–Trinajstić information content (AvgIpc) is 3.01. The van der Waals surface area contributed by atoms with Crippen LogP contribution in [-0.2, 0) is 4.79 Å². The molecule has 0 aliphatic heterocycles. The molecule has 2 amide bonds. The van der Waals surface area contributed by atoms with Crippen molar-refractivity contribution in [3.05, 3.63) is 53.5 Å². The first-order valence-corrected chi connectivity index (χ1v) is 7.20. The number of carbonyl (C=O) groups excluding carboxylic acids is 2. The van der Waals surface area contributed by atoms with Gasteiger partial charge in [0, 0.05) is 5.69 Å². The summed E-state index contributed by atoms with van der Waals surface area (Å²) in [6.07, 6.45) is 1.41. The van der Waals surface area contributed by atoms with Crippen LogP contribution >= 0.6 is 0 Å². The summed E-state index contributed by atoms with van der Waals surface area (Å²) < 4.78 is 4.97. The zero-order valence-electron chi connectivity index (χ0n) is 13.0. The van der Waals surface area contributed by atoms with Crippen LogP contribution in [0.3, 0.4) is 0 Å². The van der Waals surface area contributed by atoms with Crippen LogP contribution in [0.4, 0.5) is 5.69 Å². The molecule has 0 bridgehead atoms. The lowest BCUT2D eigenvalue weighted by Crippen LogP contribution is -2.33. The zero-order valence-corrected chi connectivity index (χ0v) is 13.0. The van der Waals surface area contributed by atoms with E-state index in [9.17, 15) is 9.59 Å². The number of hydrogen-bond acceptors (Lipinski definition) is 3. The SMILES string of the molecule is Cc1cccc(C(C)C)c1NC(=O)CNC(=O)c1ccco1. The molecule has 0 radical (unpaired) electrons. The van der Waals surface area contributed by atoms with Gasteiger partial charge in [0.25, 0.3) is 5.91 Å². The van der Waals surface area contributed by atoms with Crippen molar-refractivity contribution in [2.24, 2.45) is 0 Å². The van der Waals surface area contributed by atoms with E-state index in [1.807, 2.05) is 25.1 Å². The molecule has 1 heterocycles. The molecule has 116 valence electrons. The monoisotopic (exact) mass is 300 g/mol. The summed E-state index contributed by atoms with van der Waals surface area (Å²) in [5.41, 5.74) is 2.89. The fourth-order valence-corrected chi connectivity index (χ4v) is 2.18. The molecule has 1 aromatic heterocycles. The Bertz CT molecular complexity index is 661. The first-order valence-electron chi connectivity index (χ1n) is 7.20. The van der Waals surface area contributed by atoms with Gasteiger partial charge in [0.2, 0.25) is 5.91 Å². The van der Waals surface area contributed by atoms with Crippen molar-refractivity contribution in [3.63, 3.8) is 0 Å². The van der Waals surface area contributed by atoms with Gasteiger partial charge in [-0.1, -0.05) is 32.0 Å². The molecule has 0 spiro atoms. The number of carbonyl (C=O) groups is 2. The molecule has 0 aliphatic rings. The van der Waals surface area contributed by atoms with Gasteiger partial charge in [-0.15, -0.1) is 0 Å². The van der Waals surface area contributed by atoms with Crippen LogP contribution in [0, 0.1) is 6.92 Å². The molecule has 2 rings (SSSR count). The standard InChI is InChI=1S/C17H20N2O3/c1-11(2)13-7-4-6-12(3)16(13)19-15(20)10-18-17(21)14-8-5-9-22-14/h4-9,11H,10H2,1-3H3,(H,18,21)(H,19,20). The topological polar surface area (TPSA) is 71.3 Å². The normalized spacial score (nSPS) is 10.5. The number of furan rings is 1. The summed E-state index contributed by atoms with van der Waals surface area (Å²) in [5, 5.41) is 5.41. The minimum Gasteiger partial charge on any atom is -0.459 e. The van der Waals surface area contributed by atoms with Crippen LogP contribution in [0.5, 0.6) is 0 Å². The van der Waals surface area contributed by atoms with Gasteiger partial charge < -0.3 is 15.1 Å². The lowest BCUT2D eigenvalue weighted by molar-refractivity contribution is -0.115. The first-order chi connectivity index (χ1) is 10.5. The molecule has 0 unspecified atom stereocenters. The van der Waals surface area contributed by atoms with Gasteiger partial charge in [-0.3, -0.25) is 9.59 Å². The minimum atomic E-state index is -0.408. The molecule has 0 saturated carbocycles. The number of aryl methyl sites for hydroxylation is 1. The summed E-state index contributed by atoms with van der Waals surface area (Å²) >= 11 is 0. The van der Waals surface area contributed by atoms with Gasteiger partial charge in [-0.25, -0.2) is 0 Å². The zero-order chi connectivity index (χ0) is 16.1. The van der Waals surface area contributed by atoms with Crippen molar-refractivity contribution < 1.29 is 14.0 Å². The maximum absolute atomic E-state index is 12.1. The Morgan fingerprint density at radius 1 is 1.18 bits per heavy atom. The van der Waals surface area contributed by atoms with Crippen molar-refractivity contribution in [1.29, 1.82) is 0 Å². The van der Waals surface area contributed by atoms with Crippen LogP contribution < -0.4 is 10.6 Å². The van der Waals surface area contributed by atoms with Gasteiger partial charge in [-0.2, -0.15) is 0 Å². The number of anilines is 1. The quantitative estimate of drug-likeness (QED) is 0.891. The molecule has 1 aromatic carbocycles. The highest BCUT2D eigenvalue weighted by Gasteiger charge is 2.14. The average molecular weight is 300 g/mol. The van der Waals surface area contributed by atoms with Crippen LogP contribution in [0.15, 0.2) is 41.0 Å². The van der Waals surface area contributed by atoms with Crippen molar-refractivity contribution >= 4 is 17.5 Å². The molecular formula is C17H20N2O3. The lowest BCUT2D eigenvalue weighted by Gasteiger charge is -2.16. The van der Waals surface area contributed by atoms with Gasteiger partial charge in [0.1, 0.15) is 0 Å². The second-order valence-electron chi connectivity index (χ2n) is 5.40. The van der Waals surface area contributed by atoms with Crippen molar-refractivity contribution in [3.8, 4) is 0 Å². The van der Waals surface area contributed by atoms with E-state index < -0.39 is 5.91 Å². The molecule has 0 saturated heterocycles. The molecule has 0 fully saturated rings. The Balaban J connectivity index is 1.99. The number of benzene rings is 1. The predicted octanol–water partition coefficient (Wildman–Crippen LogP) is 3.08. The minimum absolute atomic E-state index is 0.106. The Hall–Kier alpha value is -2.56. The van der Waals surface area contributed by atoms with Crippen LogP contribution in [-0.4, -0.2) is 18.4 Å². The van der Waals surface area contributed by atoms with Gasteiger partial charge in [0.15, 0.2) is 5.76 Å². The highest BCUT2D eigenvalue weighted by Crippen LogP contribution is 2.27. The highest BCUT2D eigenvalue weighted by atomic mass is 16.3. The molecular weight excluding hydrogens is 280 g/mol. The van der Waals surface area contributed by atoms with Crippen molar-refractivity contribution in [2.45, 2.75) is 26.7 Å². The van der Waals surface area contributed by atoms with E-state index in [0.717, 1.165) is 16.8 Å². The van der Waals surface area contributed by atoms with E-state index in [4.69, 9.17) is 4.42 Å². The van der Waals surface area contributed by atoms with E-state index >= 15 is 0 Å². The van der Waals surface area contributed by atoms with Crippen LogP contribution in [0.1, 0.15) is 41.4 Å². The van der Waals surface area contributed by atoms with Crippen molar-refractivity contribution in [2.75, 3.05) is 11.9 Å². The third kappa shape index (κ3) is 3.75. The Kier molecular flexibility index (Phi) is 4.99. The van der Waals surface area contributed by atoms with Gasteiger partial charge in [-0.05, 0) is 36.1 Å². The van der Waals surface area contributed by atoms with Gasteiger partial charge >= 0.3 is 0 Å². The third-order valence-electron chi connectivity index (χ3n) is 3.35. The molecule has 5 heteroatoms. The maximum Gasteiger partial charge on any atom is 0.287 e. The summed E-state index contributed by atoms with van der Waals surface area (Å²) in [4.78, 5) is 23.8. The molecule has 0 atom stereocenters. The fraction of sp³-hybridized carbons (Fsp3) is 0.294. The number of rotatable bonds is 5. The largest absolute Gasteiger partial charge is 0.459 e. The van der Waals surface area contributed by atoms with E-state index in [2.05, 4.69) is 24.5 Å². The number of amides is 2. The van der Waals surface area contributed by atoms with E-state index in [1.54, 1.807) is 12.1 Å². The second-order valence-corrected chi connectivity index (χ2v) is 5.40. The van der Waals surface area contributed by atoms with E-state index in [-0.39, 0.29) is 18.2 Å². The summed E-state index contributed by atoms with van der Waals surface area (Å²) in [6.45, 7) is 5.99. The summed E-state index contributed by atoms with van der Waals surface area (Å²) in [7, 11) is 0. The Morgan fingerprint density at radius 3 is 2.59 bits per heavy atom.